The van der Waals surface area contributed by atoms with Crippen LogP contribution in [0, 0.1) is 6.92 Å². The van der Waals surface area contributed by atoms with Crippen molar-refractivity contribution < 1.29 is 9.84 Å². The summed E-state index contributed by atoms with van der Waals surface area (Å²) in [6.07, 6.45) is 2.05. The van der Waals surface area contributed by atoms with E-state index >= 15 is 0 Å². The van der Waals surface area contributed by atoms with Crippen molar-refractivity contribution in [1.29, 1.82) is 0 Å². The van der Waals surface area contributed by atoms with Crippen LogP contribution in [0.25, 0.3) is 0 Å². The maximum absolute atomic E-state index is 9.76. The van der Waals surface area contributed by atoms with Gasteiger partial charge in [0.15, 0.2) is 0 Å². The molecular formula is C15H20N2O2. The molecule has 0 bridgehead atoms. The highest BCUT2D eigenvalue weighted by Gasteiger charge is 2.09. The lowest BCUT2D eigenvalue weighted by atomic mass is 10.1. The van der Waals surface area contributed by atoms with E-state index in [0.29, 0.717) is 6.61 Å². The zero-order valence-corrected chi connectivity index (χ0v) is 11.6. The molecular weight excluding hydrogens is 240 g/mol. The van der Waals surface area contributed by atoms with Gasteiger partial charge >= 0.3 is 0 Å². The Balaban J connectivity index is 2.01. The number of rotatable bonds is 5. The summed E-state index contributed by atoms with van der Waals surface area (Å²) >= 11 is 0. The van der Waals surface area contributed by atoms with Crippen molar-refractivity contribution in [3.8, 4) is 5.75 Å². The summed E-state index contributed by atoms with van der Waals surface area (Å²) in [5.74, 6) is 0.753. The van der Waals surface area contributed by atoms with E-state index in [1.54, 1.807) is 13.1 Å². The Hall–Kier alpha value is -1.81. The standard InChI is InChI=1S/C15H20N2O2/c1-11-4-5-15(14(10-11)12(2)18)19-9-7-13-6-8-16-17(13)3/h4-6,8,10,12,18H,7,9H2,1-3H3. The van der Waals surface area contributed by atoms with Crippen molar-refractivity contribution in [2.75, 3.05) is 6.61 Å². The number of aliphatic hydroxyl groups excluding tert-OH is 1. The van der Waals surface area contributed by atoms with E-state index in [1.807, 2.05) is 42.9 Å². The van der Waals surface area contributed by atoms with Gasteiger partial charge in [-0.1, -0.05) is 11.6 Å². The van der Waals surface area contributed by atoms with Crippen LogP contribution in [0.4, 0.5) is 0 Å². The first-order chi connectivity index (χ1) is 9.08. The molecule has 0 saturated carbocycles. The second kappa shape index (κ2) is 5.89. The van der Waals surface area contributed by atoms with E-state index in [-0.39, 0.29) is 0 Å². The summed E-state index contributed by atoms with van der Waals surface area (Å²) in [4.78, 5) is 0. The Morgan fingerprint density at radius 3 is 2.79 bits per heavy atom. The van der Waals surface area contributed by atoms with Gasteiger partial charge in [-0.2, -0.15) is 5.10 Å². The van der Waals surface area contributed by atoms with Gasteiger partial charge in [0.25, 0.3) is 0 Å². The quantitative estimate of drug-likeness (QED) is 0.898. The minimum Gasteiger partial charge on any atom is -0.493 e. The fourth-order valence-corrected chi connectivity index (χ4v) is 2.04. The van der Waals surface area contributed by atoms with E-state index < -0.39 is 6.10 Å². The second-order valence-electron chi connectivity index (χ2n) is 4.76. The van der Waals surface area contributed by atoms with Gasteiger partial charge in [0.2, 0.25) is 0 Å². The van der Waals surface area contributed by atoms with E-state index in [1.165, 1.54) is 0 Å². The van der Waals surface area contributed by atoms with Crippen LogP contribution in [0.1, 0.15) is 29.8 Å². The molecule has 1 N–H and O–H groups in total. The second-order valence-corrected chi connectivity index (χ2v) is 4.76. The van der Waals surface area contributed by atoms with Crippen molar-refractivity contribution in [3.63, 3.8) is 0 Å². The highest BCUT2D eigenvalue weighted by Crippen LogP contribution is 2.26. The van der Waals surface area contributed by atoms with Crippen LogP contribution in [0.15, 0.2) is 30.5 Å². The Bertz CT molecular complexity index is 547. The first kappa shape index (κ1) is 13.6. The van der Waals surface area contributed by atoms with Crippen LogP contribution in [-0.4, -0.2) is 21.5 Å². The summed E-state index contributed by atoms with van der Waals surface area (Å²) in [6.45, 7) is 4.33. The molecule has 19 heavy (non-hydrogen) atoms. The number of aryl methyl sites for hydroxylation is 2. The van der Waals surface area contributed by atoms with Gasteiger partial charge in [-0.15, -0.1) is 0 Å². The molecule has 1 heterocycles. The van der Waals surface area contributed by atoms with Gasteiger partial charge < -0.3 is 9.84 Å². The predicted octanol–water partition coefficient (Wildman–Crippen LogP) is 2.40. The summed E-state index contributed by atoms with van der Waals surface area (Å²) in [5, 5.41) is 13.9. The zero-order chi connectivity index (χ0) is 13.8. The van der Waals surface area contributed by atoms with Crippen molar-refractivity contribution >= 4 is 0 Å². The summed E-state index contributed by atoms with van der Waals surface area (Å²) < 4.78 is 7.62. The average Bonchev–Trinajstić information content (AvgIpc) is 2.77. The molecule has 1 aromatic heterocycles. The molecule has 0 aliphatic heterocycles. The van der Waals surface area contributed by atoms with Gasteiger partial charge in [0.05, 0.1) is 12.7 Å². The van der Waals surface area contributed by atoms with Gasteiger partial charge in [-0.25, -0.2) is 0 Å². The molecule has 2 aromatic rings. The number of hydrogen-bond donors (Lipinski definition) is 1. The molecule has 0 amide bonds. The van der Waals surface area contributed by atoms with Gasteiger partial charge in [-0.05, 0) is 32.0 Å². The van der Waals surface area contributed by atoms with Crippen molar-refractivity contribution in [3.05, 3.63) is 47.3 Å². The average molecular weight is 260 g/mol. The fourth-order valence-electron chi connectivity index (χ4n) is 2.04. The molecule has 0 aliphatic rings. The summed E-state index contributed by atoms with van der Waals surface area (Å²) in [7, 11) is 1.92. The predicted molar refractivity (Wildman–Crippen MR) is 74.2 cm³/mol. The maximum atomic E-state index is 9.76. The molecule has 0 spiro atoms. The van der Waals surface area contributed by atoms with Crippen LogP contribution in [0.2, 0.25) is 0 Å². The van der Waals surface area contributed by atoms with Crippen molar-refractivity contribution in [1.82, 2.24) is 9.78 Å². The third kappa shape index (κ3) is 3.35. The molecule has 4 heteroatoms. The van der Waals surface area contributed by atoms with E-state index in [2.05, 4.69) is 5.10 Å². The molecule has 102 valence electrons. The Labute approximate surface area is 113 Å². The lowest BCUT2D eigenvalue weighted by Crippen LogP contribution is -2.08. The fraction of sp³-hybridized carbons (Fsp3) is 0.400. The van der Waals surface area contributed by atoms with Crippen molar-refractivity contribution in [2.24, 2.45) is 7.05 Å². The highest BCUT2D eigenvalue weighted by molar-refractivity contribution is 5.38. The zero-order valence-electron chi connectivity index (χ0n) is 11.6. The molecule has 1 aromatic carbocycles. The van der Waals surface area contributed by atoms with Gasteiger partial charge in [-0.3, -0.25) is 4.68 Å². The van der Waals surface area contributed by atoms with E-state index in [9.17, 15) is 5.11 Å². The largest absolute Gasteiger partial charge is 0.493 e. The Morgan fingerprint density at radius 1 is 1.37 bits per heavy atom. The van der Waals surface area contributed by atoms with Crippen LogP contribution in [0.5, 0.6) is 5.75 Å². The van der Waals surface area contributed by atoms with Crippen LogP contribution >= 0.6 is 0 Å². The molecule has 0 aliphatic carbocycles. The molecule has 1 atom stereocenters. The van der Waals surface area contributed by atoms with Gasteiger partial charge in [0.1, 0.15) is 5.75 Å². The van der Waals surface area contributed by atoms with Crippen LogP contribution < -0.4 is 4.74 Å². The third-order valence-corrected chi connectivity index (χ3v) is 3.15. The maximum Gasteiger partial charge on any atom is 0.125 e. The van der Waals surface area contributed by atoms with Crippen LogP contribution in [0.3, 0.4) is 0 Å². The minimum atomic E-state index is -0.522. The lowest BCUT2D eigenvalue weighted by molar-refractivity contribution is 0.191. The summed E-state index contributed by atoms with van der Waals surface area (Å²) in [5.41, 5.74) is 3.09. The molecule has 2 rings (SSSR count). The number of nitrogens with zero attached hydrogens (tertiary/aromatic N) is 2. The number of benzene rings is 1. The Morgan fingerprint density at radius 2 is 2.16 bits per heavy atom. The lowest BCUT2D eigenvalue weighted by Gasteiger charge is -2.14. The van der Waals surface area contributed by atoms with E-state index in [4.69, 9.17) is 4.74 Å². The molecule has 4 nitrogen and oxygen atoms in total. The monoisotopic (exact) mass is 260 g/mol. The van der Waals surface area contributed by atoms with E-state index in [0.717, 1.165) is 29.0 Å². The van der Waals surface area contributed by atoms with Gasteiger partial charge in [0, 0.05) is 30.9 Å². The minimum absolute atomic E-state index is 0.522. The van der Waals surface area contributed by atoms with Crippen molar-refractivity contribution in [2.45, 2.75) is 26.4 Å². The number of hydrogen-bond acceptors (Lipinski definition) is 3. The number of ether oxygens (including phenoxy) is 1. The first-order valence-corrected chi connectivity index (χ1v) is 6.46. The molecule has 0 saturated heterocycles. The third-order valence-electron chi connectivity index (χ3n) is 3.15. The van der Waals surface area contributed by atoms with Crippen LogP contribution in [-0.2, 0) is 13.5 Å². The molecule has 0 radical (unpaired) electrons. The topological polar surface area (TPSA) is 47.3 Å². The first-order valence-electron chi connectivity index (χ1n) is 6.46. The highest BCUT2D eigenvalue weighted by atomic mass is 16.5. The SMILES string of the molecule is Cc1ccc(OCCc2ccnn2C)c(C(C)O)c1. The smallest absolute Gasteiger partial charge is 0.125 e. The Kier molecular flexibility index (Phi) is 4.22. The summed E-state index contributed by atoms with van der Waals surface area (Å²) in [6, 6.07) is 7.85. The molecule has 0 fully saturated rings. The molecule has 1 unspecified atom stereocenters. The number of aromatic nitrogens is 2. The number of aliphatic hydroxyl groups is 1. The normalized spacial score (nSPS) is 12.4.